The monoisotopic (exact) mass is 253 g/mol. The first kappa shape index (κ1) is 14.0. The summed E-state index contributed by atoms with van der Waals surface area (Å²) < 4.78 is 5.06. The number of aromatic carboxylic acids is 1. The second-order valence-corrected chi connectivity index (χ2v) is 4.59. The maximum atomic E-state index is 10.9. The van der Waals surface area contributed by atoms with Crippen LogP contribution in [-0.2, 0) is 16.2 Å². The van der Waals surface area contributed by atoms with Crippen LogP contribution in [0.25, 0.3) is 0 Å². The molecule has 1 heterocycles. The topological polar surface area (TPSA) is 80.0 Å². The van der Waals surface area contributed by atoms with Crippen LogP contribution in [0.5, 0.6) is 0 Å². The number of carboxylic acids is 1. The molecule has 6 nitrogen and oxygen atoms in total. The Hall–Kier alpha value is -2.04. The fraction of sp³-hybridized carbons (Fsp3) is 0.417. The van der Waals surface area contributed by atoms with Gasteiger partial charge >= 0.3 is 5.97 Å². The predicted molar refractivity (Wildman–Crippen MR) is 62.3 cm³/mol. The highest BCUT2D eigenvalue weighted by Gasteiger charge is 2.20. The summed E-state index contributed by atoms with van der Waals surface area (Å²) in [5.74, 6) is 0.702. The van der Waals surface area contributed by atoms with Crippen LogP contribution in [0.15, 0.2) is 22.9 Å². The van der Waals surface area contributed by atoms with Gasteiger partial charge in [-0.25, -0.2) is 14.7 Å². The van der Waals surface area contributed by atoms with Gasteiger partial charge in [-0.15, -0.1) is 0 Å². The molecule has 0 amide bonds. The second-order valence-electron chi connectivity index (χ2n) is 4.59. The molecular formula is C12H15NO5. The first-order valence-corrected chi connectivity index (χ1v) is 5.30. The Morgan fingerprint density at radius 1 is 1.61 bits per heavy atom. The number of hydrogen-bond acceptors (Lipinski definition) is 5. The SMILES string of the molecule is CC(C)(C)ON(C=C=O)Cc1occc1C(=O)O. The van der Waals surface area contributed by atoms with Gasteiger partial charge in [-0.2, -0.15) is 0 Å². The van der Waals surface area contributed by atoms with Gasteiger partial charge in [0.15, 0.2) is 0 Å². The second kappa shape index (κ2) is 5.53. The minimum absolute atomic E-state index is 0.0150. The van der Waals surface area contributed by atoms with E-state index in [9.17, 15) is 9.59 Å². The number of hydroxylamine groups is 2. The number of carboxylic acid groups (broad SMARTS) is 1. The highest BCUT2D eigenvalue weighted by Crippen LogP contribution is 2.17. The summed E-state index contributed by atoms with van der Waals surface area (Å²) in [5.41, 5.74) is -0.486. The fourth-order valence-electron chi connectivity index (χ4n) is 1.31. The van der Waals surface area contributed by atoms with E-state index in [0.29, 0.717) is 0 Å². The Kier molecular flexibility index (Phi) is 4.31. The summed E-state index contributed by atoms with van der Waals surface area (Å²) >= 11 is 0. The molecular weight excluding hydrogens is 238 g/mol. The molecule has 0 fully saturated rings. The summed E-state index contributed by atoms with van der Waals surface area (Å²) in [4.78, 5) is 26.7. The van der Waals surface area contributed by atoms with Crippen molar-refractivity contribution < 1.29 is 24.0 Å². The Bertz CT molecular complexity index is 465. The van der Waals surface area contributed by atoms with Gasteiger partial charge in [0.25, 0.3) is 0 Å². The lowest BCUT2D eigenvalue weighted by Gasteiger charge is -2.27. The quantitative estimate of drug-likeness (QED) is 0.637. The van der Waals surface area contributed by atoms with E-state index >= 15 is 0 Å². The lowest BCUT2D eigenvalue weighted by atomic mass is 10.2. The van der Waals surface area contributed by atoms with Crippen LogP contribution in [0.2, 0.25) is 0 Å². The molecule has 0 aliphatic carbocycles. The molecule has 0 aromatic carbocycles. The van der Waals surface area contributed by atoms with Crippen molar-refractivity contribution in [1.29, 1.82) is 0 Å². The predicted octanol–water partition coefficient (Wildman–Crippen LogP) is 1.86. The molecule has 6 heteroatoms. The first-order chi connectivity index (χ1) is 8.33. The molecule has 1 aromatic rings. The molecule has 0 spiro atoms. The summed E-state index contributed by atoms with van der Waals surface area (Å²) in [5, 5.41) is 10.1. The molecule has 98 valence electrons. The standard InChI is InChI=1S/C12H15NO5/c1-12(2,3)18-13(5-6-14)8-10-9(11(15)16)4-7-17-10/h4-5,7H,8H2,1-3H3,(H,15,16). The van der Waals surface area contributed by atoms with Gasteiger partial charge in [-0.1, -0.05) is 0 Å². The molecule has 0 unspecified atom stereocenters. The van der Waals surface area contributed by atoms with Gasteiger partial charge in [0.05, 0.1) is 11.9 Å². The summed E-state index contributed by atoms with van der Waals surface area (Å²) in [7, 11) is 0. The summed E-state index contributed by atoms with van der Waals surface area (Å²) in [6.07, 6.45) is 2.33. The van der Waals surface area contributed by atoms with E-state index in [2.05, 4.69) is 0 Å². The van der Waals surface area contributed by atoms with E-state index in [4.69, 9.17) is 14.4 Å². The molecule has 0 atom stereocenters. The van der Waals surface area contributed by atoms with Crippen LogP contribution in [0.4, 0.5) is 0 Å². The third-order valence-corrected chi connectivity index (χ3v) is 1.86. The molecule has 18 heavy (non-hydrogen) atoms. The van der Waals surface area contributed by atoms with Crippen LogP contribution in [-0.4, -0.2) is 27.7 Å². The molecule has 1 aromatic heterocycles. The highest BCUT2D eigenvalue weighted by molar-refractivity contribution is 5.88. The third kappa shape index (κ3) is 4.08. The maximum absolute atomic E-state index is 10.9. The Balaban J connectivity index is 2.86. The van der Waals surface area contributed by atoms with E-state index in [0.717, 1.165) is 6.20 Å². The van der Waals surface area contributed by atoms with E-state index in [-0.39, 0.29) is 17.9 Å². The van der Waals surface area contributed by atoms with Gasteiger partial charge < -0.3 is 9.52 Å². The van der Waals surface area contributed by atoms with Crippen molar-refractivity contribution in [3.05, 3.63) is 29.9 Å². The molecule has 1 rings (SSSR count). The molecule has 1 N–H and O–H groups in total. The minimum Gasteiger partial charge on any atom is -0.478 e. The molecule has 0 saturated heterocycles. The molecule has 0 aliphatic rings. The van der Waals surface area contributed by atoms with Crippen molar-refractivity contribution in [2.75, 3.05) is 0 Å². The average Bonchev–Trinajstić information content (AvgIpc) is 2.63. The van der Waals surface area contributed by atoms with Crippen molar-refractivity contribution in [1.82, 2.24) is 5.06 Å². The van der Waals surface area contributed by atoms with Crippen LogP contribution in [0.3, 0.4) is 0 Å². The number of carbonyl (C=O) groups excluding carboxylic acids is 1. The van der Waals surface area contributed by atoms with Gasteiger partial charge in [0.1, 0.15) is 30.0 Å². The summed E-state index contributed by atoms with van der Waals surface area (Å²) in [6, 6.07) is 1.34. The Morgan fingerprint density at radius 2 is 2.28 bits per heavy atom. The lowest BCUT2D eigenvalue weighted by molar-refractivity contribution is -0.205. The smallest absolute Gasteiger partial charge is 0.339 e. The molecule has 0 aliphatic heterocycles. The number of rotatable bonds is 5. The van der Waals surface area contributed by atoms with Gasteiger partial charge in [0.2, 0.25) is 0 Å². The van der Waals surface area contributed by atoms with Crippen molar-refractivity contribution >= 4 is 11.9 Å². The van der Waals surface area contributed by atoms with Gasteiger partial charge in [-0.3, -0.25) is 4.84 Å². The zero-order valence-corrected chi connectivity index (χ0v) is 10.5. The maximum Gasteiger partial charge on any atom is 0.339 e. The van der Waals surface area contributed by atoms with Gasteiger partial charge in [0, 0.05) is 0 Å². The number of nitrogens with zero attached hydrogens (tertiary/aromatic N) is 1. The van der Waals surface area contributed by atoms with E-state index in [1.165, 1.54) is 17.4 Å². The van der Waals surface area contributed by atoms with Crippen LogP contribution >= 0.6 is 0 Å². The zero-order valence-electron chi connectivity index (χ0n) is 10.5. The van der Waals surface area contributed by atoms with E-state index in [1.54, 1.807) is 26.7 Å². The molecule has 0 bridgehead atoms. The Labute approximate surface area is 104 Å². The number of furan rings is 1. The molecule has 0 saturated carbocycles. The Morgan fingerprint density at radius 3 is 2.78 bits per heavy atom. The first-order valence-electron chi connectivity index (χ1n) is 5.30. The van der Waals surface area contributed by atoms with Crippen molar-refractivity contribution in [2.24, 2.45) is 0 Å². The summed E-state index contributed by atoms with van der Waals surface area (Å²) in [6.45, 7) is 5.43. The van der Waals surface area contributed by atoms with Crippen molar-refractivity contribution in [3.63, 3.8) is 0 Å². The largest absolute Gasteiger partial charge is 0.478 e. The number of carbonyl (C=O) groups is 1. The van der Waals surface area contributed by atoms with Gasteiger partial charge in [-0.05, 0) is 26.8 Å². The average molecular weight is 253 g/mol. The van der Waals surface area contributed by atoms with Crippen LogP contribution < -0.4 is 0 Å². The van der Waals surface area contributed by atoms with Crippen LogP contribution in [0, 0.1) is 0 Å². The van der Waals surface area contributed by atoms with Crippen molar-refractivity contribution in [2.45, 2.75) is 32.9 Å². The highest BCUT2D eigenvalue weighted by atomic mass is 16.7. The third-order valence-electron chi connectivity index (χ3n) is 1.86. The molecule has 0 radical (unpaired) electrons. The van der Waals surface area contributed by atoms with E-state index in [1.807, 2.05) is 0 Å². The number of hydrogen-bond donors (Lipinski definition) is 1. The zero-order chi connectivity index (χ0) is 13.8. The van der Waals surface area contributed by atoms with E-state index < -0.39 is 11.6 Å². The van der Waals surface area contributed by atoms with Crippen molar-refractivity contribution in [3.8, 4) is 0 Å². The van der Waals surface area contributed by atoms with Crippen LogP contribution in [0.1, 0.15) is 36.9 Å². The normalized spacial score (nSPS) is 10.8. The minimum atomic E-state index is -1.09. The fourth-order valence-corrected chi connectivity index (χ4v) is 1.31. The lowest BCUT2D eigenvalue weighted by Crippen LogP contribution is -2.30.